The van der Waals surface area contributed by atoms with E-state index in [2.05, 4.69) is 4.74 Å². The van der Waals surface area contributed by atoms with Crippen molar-refractivity contribution in [3.8, 4) is 0 Å². The molecule has 0 saturated carbocycles. The van der Waals surface area contributed by atoms with E-state index >= 15 is 0 Å². The van der Waals surface area contributed by atoms with Crippen LogP contribution >= 0.6 is 0 Å². The van der Waals surface area contributed by atoms with E-state index < -0.39 is 47.7 Å². The minimum absolute atomic E-state index is 0.512. The number of aliphatic hydroxyl groups excluding tert-OH is 2. The van der Waals surface area contributed by atoms with Gasteiger partial charge >= 0.3 is 12.1 Å². The lowest BCUT2D eigenvalue weighted by molar-refractivity contribution is -0.145. The molecule has 0 amide bonds. The molecular formula is C12H12F4O4. The van der Waals surface area contributed by atoms with Gasteiger partial charge in [-0.25, -0.2) is 4.39 Å². The van der Waals surface area contributed by atoms with Gasteiger partial charge in [0.25, 0.3) is 0 Å². The number of carbonyl (C=O) groups is 1. The van der Waals surface area contributed by atoms with Crippen molar-refractivity contribution in [2.75, 3.05) is 7.11 Å². The van der Waals surface area contributed by atoms with Gasteiger partial charge in [-0.05, 0) is 6.07 Å². The van der Waals surface area contributed by atoms with Crippen LogP contribution in [0.4, 0.5) is 17.6 Å². The van der Waals surface area contributed by atoms with Crippen molar-refractivity contribution in [3.63, 3.8) is 0 Å². The van der Waals surface area contributed by atoms with E-state index in [1.54, 1.807) is 0 Å². The molecule has 0 saturated heterocycles. The van der Waals surface area contributed by atoms with Gasteiger partial charge in [0, 0.05) is 5.56 Å². The molecule has 1 rings (SSSR count). The fourth-order valence-electron chi connectivity index (χ4n) is 1.57. The van der Waals surface area contributed by atoms with E-state index in [4.69, 9.17) is 0 Å². The molecule has 2 unspecified atom stereocenters. The third-order valence-corrected chi connectivity index (χ3v) is 2.62. The highest BCUT2D eigenvalue weighted by atomic mass is 19.4. The zero-order valence-electron chi connectivity index (χ0n) is 10.3. The molecule has 0 heterocycles. The Labute approximate surface area is 111 Å². The molecule has 1 aromatic carbocycles. The van der Waals surface area contributed by atoms with Crippen molar-refractivity contribution in [2.24, 2.45) is 0 Å². The van der Waals surface area contributed by atoms with Gasteiger partial charge in [-0.15, -0.1) is 0 Å². The monoisotopic (exact) mass is 296 g/mol. The third-order valence-electron chi connectivity index (χ3n) is 2.62. The molecule has 0 fully saturated rings. The Morgan fingerprint density at radius 1 is 1.35 bits per heavy atom. The molecule has 2 atom stereocenters. The van der Waals surface area contributed by atoms with E-state index in [-0.39, 0.29) is 0 Å². The highest BCUT2D eigenvalue weighted by molar-refractivity contribution is 5.69. The molecule has 0 spiro atoms. The first-order chi connectivity index (χ1) is 9.18. The second-order valence-electron chi connectivity index (χ2n) is 4.00. The van der Waals surface area contributed by atoms with Gasteiger partial charge in [-0.3, -0.25) is 4.79 Å². The lowest BCUT2D eigenvalue weighted by atomic mass is 9.99. The number of rotatable bonds is 4. The maximum atomic E-state index is 13.7. The quantitative estimate of drug-likeness (QED) is 0.657. The Morgan fingerprint density at radius 2 is 1.95 bits per heavy atom. The fourth-order valence-corrected chi connectivity index (χ4v) is 1.57. The molecule has 0 aliphatic heterocycles. The zero-order chi connectivity index (χ0) is 15.5. The normalized spacial score (nSPS) is 14.8. The number of hydrogen-bond donors (Lipinski definition) is 2. The molecule has 4 nitrogen and oxygen atoms in total. The molecule has 8 heteroatoms. The Morgan fingerprint density at radius 3 is 2.45 bits per heavy atom. The molecule has 1 aromatic rings. The third kappa shape index (κ3) is 3.67. The van der Waals surface area contributed by atoms with Crippen LogP contribution in [-0.4, -0.2) is 29.4 Å². The summed E-state index contributed by atoms with van der Waals surface area (Å²) in [4.78, 5) is 10.9. The van der Waals surface area contributed by atoms with E-state index in [1.807, 2.05) is 0 Å². The number of esters is 1. The van der Waals surface area contributed by atoms with E-state index in [9.17, 15) is 32.6 Å². The highest BCUT2D eigenvalue weighted by Crippen LogP contribution is 2.34. The Bertz CT molecular complexity index is 487. The zero-order valence-corrected chi connectivity index (χ0v) is 10.3. The summed E-state index contributed by atoms with van der Waals surface area (Å²) < 4.78 is 55.4. The maximum Gasteiger partial charge on any atom is 0.419 e. The number of halogens is 4. The summed E-state index contributed by atoms with van der Waals surface area (Å²) in [5, 5.41) is 19.1. The average molecular weight is 296 g/mol. The van der Waals surface area contributed by atoms with E-state index in [1.165, 1.54) is 0 Å². The van der Waals surface area contributed by atoms with Crippen LogP contribution in [0.1, 0.15) is 23.7 Å². The number of ether oxygens (including phenoxy) is 1. The van der Waals surface area contributed by atoms with Gasteiger partial charge in [-0.1, -0.05) is 12.1 Å². The second kappa shape index (κ2) is 6.19. The summed E-state index contributed by atoms with van der Waals surface area (Å²) in [6.45, 7) is 0. The van der Waals surface area contributed by atoms with Crippen LogP contribution in [0.5, 0.6) is 0 Å². The van der Waals surface area contributed by atoms with Crippen LogP contribution in [0.15, 0.2) is 18.2 Å². The van der Waals surface area contributed by atoms with Gasteiger partial charge in [0.2, 0.25) is 0 Å². The van der Waals surface area contributed by atoms with Crippen molar-refractivity contribution in [1.29, 1.82) is 0 Å². The molecule has 0 aromatic heterocycles. The van der Waals surface area contributed by atoms with Crippen molar-refractivity contribution in [2.45, 2.75) is 24.8 Å². The lowest BCUT2D eigenvalue weighted by Crippen LogP contribution is -2.24. The van der Waals surface area contributed by atoms with Gasteiger partial charge in [0.05, 0.1) is 25.2 Å². The van der Waals surface area contributed by atoms with Crippen molar-refractivity contribution in [1.82, 2.24) is 0 Å². The summed E-state index contributed by atoms with van der Waals surface area (Å²) in [6, 6.07) is 2.31. The summed E-state index contributed by atoms with van der Waals surface area (Å²) in [6.07, 6.45) is -9.35. The molecule has 2 N–H and O–H groups in total. The molecule has 0 bridgehead atoms. The molecule has 0 radical (unpaired) electrons. The van der Waals surface area contributed by atoms with Crippen molar-refractivity contribution >= 4 is 5.97 Å². The highest BCUT2D eigenvalue weighted by Gasteiger charge is 2.36. The van der Waals surface area contributed by atoms with Crippen LogP contribution in [0, 0.1) is 5.82 Å². The van der Waals surface area contributed by atoms with Gasteiger partial charge in [0.1, 0.15) is 11.9 Å². The van der Waals surface area contributed by atoms with E-state index in [0.717, 1.165) is 19.2 Å². The van der Waals surface area contributed by atoms with Gasteiger partial charge < -0.3 is 14.9 Å². The number of carbonyl (C=O) groups excluding carboxylic acids is 1. The fraction of sp³-hybridized carbons (Fsp3) is 0.417. The summed E-state index contributed by atoms with van der Waals surface area (Å²) >= 11 is 0. The van der Waals surface area contributed by atoms with Gasteiger partial charge in [0.15, 0.2) is 0 Å². The smallest absolute Gasteiger partial charge is 0.419 e. The first kappa shape index (κ1) is 16.4. The lowest BCUT2D eigenvalue weighted by Gasteiger charge is -2.19. The number of methoxy groups -OCH3 is 1. The number of alkyl halides is 3. The number of aliphatic hydroxyl groups is 2. The molecule has 20 heavy (non-hydrogen) atoms. The largest absolute Gasteiger partial charge is 0.469 e. The molecule has 112 valence electrons. The Kier molecular flexibility index (Phi) is 5.07. The molecular weight excluding hydrogens is 284 g/mol. The predicted molar refractivity (Wildman–Crippen MR) is 59.0 cm³/mol. The maximum absolute atomic E-state index is 13.7. The number of hydrogen-bond acceptors (Lipinski definition) is 4. The summed E-state index contributed by atoms with van der Waals surface area (Å²) in [5.74, 6) is -2.57. The summed E-state index contributed by atoms with van der Waals surface area (Å²) in [7, 11) is 1.03. The van der Waals surface area contributed by atoms with Crippen LogP contribution in [0.25, 0.3) is 0 Å². The van der Waals surface area contributed by atoms with Gasteiger partial charge in [-0.2, -0.15) is 13.2 Å². The van der Waals surface area contributed by atoms with Crippen LogP contribution in [0.2, 0.25) is 0 Å². The van der Waals surface area contributed by atoms with Crippen molar-refractivity contribution in [3.05, 3.63) is 35.1 Å². The topological polar surface area (TPSA) is 66.8 Å². The van der Waals surface area contributed by atoms with E-state index in [0.29, 0.717) is 6.07 Å². The Hall–Kier alpha value is -1.67. The first-order valence-corrected chi connectivity index (χ1v) is 5.47. The average Bonchev–Trinajstić information content (AvgIpc) is 2.36. The van der Waals surface area contributed by atoms with Crippen molar-refractivity contribution < 1.29 is 37.3 Å². The van der Waals surface area contributed by atoms with Crippen LogP contribution in [0.3, 0.4) is 0 Å². The van der Waals surface area contributed by atoms with Crippen LogP contribution < -0.4 is 0 Å². The Balaban J connectivity index is 3.05. The predicted octanol–water partition coefficient (Wildman–Crippen LogP) is 1.80. The molecule has 0 aliphatic rings. The standard InChI is InChI=1S/C12H12F4O4/c1-20-9(18)5-8(17)11(19)6-3-2-4-7(10(6)13)12(14,15)16/h2-4,8,11,17,19H,5H2,1H3. The summed E-state index contributed by atoms with van der Waals surface area (Å²) in [5.41, 5.74) is -2.30. The number of benzene rings is 1. The SMILES string of the molecule is COC(=O)CC(O)C(O)c1cccc(C(F)(F)F)c1F. The minimum Gasteiger partial charge on any atom is -0.469 e. The second-order valence-corrected chi connectivity index (χ2v) is 4.00. The minimum atomic E-state index is -4.92. The first-order valence-electron chi connectivity index (χ1n) is 5.47. The molecule has 0 aliphatic carbocycles. The van der Waals surface area contributed by atoms with Crippen LogP contribution in [-0.2, 0) is 15.7 Å².